The van der Waals surface area contributed by atoms with Crippen LogP contribution in [0.3, 0.4) is 0 Å². The van der Waals surface area contributed by atoms with Crippen LogP contribution in [0, 0.1) is 0 Å². The largest absolute Gasteiger partial charge is 0.480 e. The molecule has 5 rings (SSSR count). The molecule has 2 aromatic carbocycles. The van der Waals surface area contributed by atoms with Crippen molar-refractivity contribution in [1.82, 2.24) is 14.5 Å². The van der Waals surface area contributed by atoms with E-state index >= 15 is 0 Å². The van der Waals surface area contributed by atoms with E-state index in [9.17, 15) is 23.1 Å². The van der Waals surface area contributed by atoms with Crippen molar-refractivity contribution in [3.05, 3.63) is 76.8 Å². The number of benzene rings is 2. The number of thiophene rings is 1. The first-order valence-electron chi connectivity index (χ1n) is 11.8. The van der Waals surface area contributed by atoms with Crippen molar-refractivity contribution in [2.75, 3.05) is 33.2 Å². The Morgan fingerprint density at radius 2 is 1.74 bits per heavy atom. The average Bonchev–Trinajstić information content (AvgIpc) is 3.37. The first kappa shape index (κ1) is 28.5. The second kappa shape index (κ2) is 11.0. The first-order valence-corrected chi connectivity index (χ1v) is 14.5. The van der Waals surface area contributed by atoms with E-state index in [4.69, 9.17) is 11.6 Å². The molecule has 1 saturated heterocycles. The van der Waals surface area contributed by atoms with Crippen molar-refractivity contribution >= 4 is 57.2 Å². The van der Waals surface area contributed by atoms with E-state index in [1.165, 1.54) is 6.07 Å². The van der Waals surface area contributed by atoms with Gasteiger partial charge in [0.15, 0.2) is 0 Å². The molecule has 12 heteroatoms. The number of carbonyl (C=O) groups is 2. The van der Waals surface area contributed by atoms with Gasteiger partial charge in [0.25, 0.3) is 15.9 Å². The van der Waals surface area contributed by atoms with Crippen LogP contribution in [0.25, 0.3) is 10.4 Å². The summed E-state index contributed by atoms with van der Waals surface area (Å²) in [7, 11) is -2.09. The molecule has 1 aliphatic heterocycles. The molecule has 2 N–H and O–H groups in total. The number of carboxylic acid groups (broad SMARTS) is 1. The van der Waals surface area contributed by atoms with Crippen LogP contribution < -0.4 is 4.72 Å². The Morgan fingerprint density at radius 1 is 1.05 bits per heavy atom. The maximum atomic E-state index is 13.2. The van der Waals surface area contributed by atoms with Gasteiger partial charge in [-0.2, -0.15) is 4.72 Å². The lowest BCUT2D eigenvalue weighted by molar-refractivity contribution is -0.140. The molecule has 0 spiro atoms. The number of carbonyl (C=O) groups excluding carboxylic acids is 1. The van der Waals surface area contributed by atoms with Crippen LogP contribution in [0.1, 0.15) is 28.3 Å². The van der Waals surface area contributed by atoms with Gasteiger partial charge in [-0.15, -0.1) is 23.7 Å². The van der Waals surface area contributed by atoms with E-state index < -0.39 is 27.4 Å². The van der Waals surface area contributed by atoms with Gasteiger partial charge >= 0.3 is 5.97 Å². The molecule has 2 unspecified atom stereocenters. The van der Waals surface area contributed by atoms with E-state index in [1.54, 1.807) is 59.5 Å². The SMILES string of the molecule is CN1CCN(C(=O)c2cccc(C3CC3(NS(=O)(=O)c3ccc(-c4ccc(Cl)cc4)s3)C(=O)O)c2)CC1.Cl. The predicted molar refractivity (Wildman–Crippen MR) is 150 cm³/mol. The van der Waals surface area contributed by atoms with Crippen LogP contribution in [-0.4, -0.2) is 74.0 Å². The molecule has 8 nitrogen and oxygen atoms in total. The third-order valence-corrected chi connectivity index (χ3v) is 10.3. The fraction of sp³-hybridized carbons (Fsp3) is 0.308. The molecular weight excluding hydrogens is 569 g/mol. The van der Waals surface area contributed by atoms with E-state index in [0.717, 1.165) is 34.9 Å². The summed E-state index contributed by atoms with van der Waals surface area (Å²) in [6.07, 6.45) is 0.100. The first-order chi connectivity index (χ1) is 17.6. The molecule has 38 heavy (non-hydrogen) atoms. The van der Waals surface area contributed by atoms with Crippen molar-refractivity contribution in [2.45, 2.75) is 22.1 Å². The van der Waals surface area contributed by atoms with Gasteiger partial charge in [-0.25, -0.2) is 8.42 Å². The van der Waals surface area contributed by atoms with Gasteiger partial charge in [0.1, 0.15) is 9.75 Å². The van der Waals surface area contributed by atoms with Crippen LogP contribution in [0.4, 0.5) is 0 Å². The number of hydrogen-bond acceptors (Lipinski definition) is 6. The summed E-state index contributed by atoms with van der Waals surface area (Å²) in [4.78, 5) is 30.0. The Labute approximate surface area is 236 Å². The number of sulfonamides is 1. The molecule has 1 aromatic heterocycles. The molecule has 1 amide bonds. The number of likely N-dealkylation sites (N-methyl/N-ethyl adjacent to an activating group) is 1. The van der Waals surface area contributed by atoms with Crippen molar-refractivity contribution in [3.8, 4) is 10.4 Å². The summed E-state index contributed by atoms with van der Waals surface area (Å²) in [5, 5.41) is 10.6. The molecule has 2 fully saturated rings. The third kappa shape index (κ3) is 5.61. The summed E-state index contributed by atoms with van der Waals surface area (Å²) >= 11 is 7.00. The number of amides is 1. The molecule has 2 aliphatic rings. The molecule has 2 heterocycles. The number of piperazine rings is 1. The van der Waals surface area contributed by atoms with Crippen LogP contribution in [0.2, 0.25) is 5.02 Å². The van der Waals surface area contributed by atoms with Crippen molar-refractivity contribution < 1.29 is 23.1 Å². The number of hydrogen-bond donors (Lipinski definition) is 2. The monoisotopic (exact) mass is 595 g/mol. The van der Waals surface area contributed by atoms with Crippen molar-refractivity contribution in [2.24, 2.45) is 0 Å². The quantitative estimate of drug-likeness (QED) is 0.424. The third-order valence-electron chi connectivity index (χ3n) is 6.96. The van der Waals surface area contributed by atoms with Crippen molar-refractivity contribution in [3.63, 3.8) is 0 Å². The molecule has 202 valence electrons. The Morgan fingerprint density at radius 3 is 2.39 bits per heavy atom. The maximum Gasteiger partial charge on any atom is 0.325 e. The van der Waals surface area contributed by atoms with E-state index in [-0.39, 0.29) is 28.9 Å². The van der Waals surface area contributed by atoms with Crippen LogP contribution in [0.15, 0.2) is 64.9 Å². The average molecular weight is 597 g/mol. The van der Waals surface area contributed by atoms with Gasteiger partial charge in [0, 0.05) is 47.6 Å². The molecule has 0 bridgehead atoms. The standard InChI is InChI=1S/C26H26ClN3O5S2.ClH/c1-29-11-13-30(14-12-29)24(31)19-4-2-3-18(15-19)21-16-26(21,25(32)33)28-37(34,35)23-10-9-22(36-23)17-5-7-20(27)8-6-17;/h2-10,15,21,28H,11-14,16H2,1H3,(H,32,33);1H. The summed E-state index contributed by atoms with van der Waals surface area (Å²) in [5.74, 6) is -1.94. The Kier molecular flexibility index (Phi) is 8.23. The number of aliphatic carboxylic acids is 1. The van der Waals surface area contributed by atoms with Gasteiger partial charge in [-0.05, 0) is 61.0 Å². The lowest BCUT2D eigenvalue weighted by Gasteiger charge is -2.32. The Hall–Kier alpha value is -2.47. The van der Waals surface area contributed by atoms with E-state index in [2.05, 4.69) is 9.62 Å². The maximum absolute atomic E-state index is 13.2. The molecule has 2 atom stereocenters. The van der Waals surface area contributed by atoms with Crippen molar-refractivity contribution in [1.29, 1.82) is 0 Å². The lowest BCUT2D eigenvalue weighted by Crippen LogP contribution is -2.47. The molecule has 0 radical (unpaired) electrons. The predicted octanol–water partition coefficient (Wildman–Crippen LogP) is 4.17. The zero-order chi connectivity index (χ0) is 26.4. The number of nitrogens with one attached hydrogen (secondary N) is 1. The summed E-state index contributed by atoms with van der Waals surface area (Å²) in [5.41, 5.74) is 0.244. The highest BCUT2D eigenvalue weighted by Crippen LogP contribution is 2.53. The smallest absolute Gasteiger partial charge is 0.325 e. The van der Waals surface area contributed by atoms with Gasteiger partial charge in [0.2, 0.25) is 0 Å². The summed E-state index contributed by atoms with van der Waals surface area (Å²) < 4.78 is 28.9. The highest BCUT2D eigenvalue weighted by molar-refractivity contribution is 7.91. The molecular formula is C26H27Cl2N3O5S2. The summed E-state index contributed by atoms with van der Waals surface area (Å²) in [6.45, 7) is 2.84. The van der Waals surface area contributed by atoms with Gasteiger partial charge in [-0.3, -0.25) is 9.59 Å². The van der Waals surface area contributed by atoms with Crippen LogP contribution in [0.5, 0.6) is 0 Å². The molecule has 3 aromatic rings. The zero-order valence-corrected chi connectivity index (χ0v) is 23.7. The molecule has 1 saturated carbocycles. The van der Waals surface area contributed by atoms with Crippen LogP contribution in [-0.2, 0) is 14.8 Å². The minimum atomic E-state index is -4.10. The highest BCUT2D eigenvalue weighted by atomic mass is 35.5. The van der Waals surface area contributed by atoms with Gasteiger partial charge < -0.3 is 14.9 Å². The second-order valence-electron chi connectivity index (χ2n) is 9.49. The number of halogens is 2. The fourth-order valence-electron chi connectivity index (χ4n) is 4.66. The van der Waals surface area contributed by atoms with Crippen LogP contribution >= 0.6 is 35.3 Å². The minimum absolute atomic E-state index is 0. The number of rotatable bonds is 7. The normalized spacial score (nSPS) is 21.5. The lowest BCUT2D eigenvalue weighted by atomic mass is 10.0. The summed E-state index contributed by atoms with van der Waals surface area (Å²) in [6, 6.07) is 17.1. The van der Waals surface area contributed by atoms with Gasteiger partial charge in [-0.1, -0.05) is 35.9 Å². The molecule has 1 aliphatic carbocycles. The second-order valence-corrected chi connectivity index (χ2v) is 12.9. The Bertz CT molecular complexity index is 1450. The Balaban J connectivity index is 0.00000336. The highest BCUT2D eigenvalue weighted by Gasteiger charge is 2.63. The topological polar surface area (TPSA) is 107 Å². The number of nitrogens with zero attached hydrogens (tertiary/aromatic N) is 2. The zero-order valence-electron chi connectivity index (χ0n) is 20.5. The minimum Gasteiger partial charge on any atom is -0.480 e. The number of carboxylic acids is 1. The van der Waals surface area contributed by atoms with Gasteiger partial charge in [0.05, 0.1) is 0 Å². The fourth-order valence-corrected chi connectivity index (χ4v) is 7.50. The van der Waals surface area contributed by atoms with E-state index in [1.807, 2.05) is 7.05 Å². The van der Waals surface area contributed by atoms with E-state index in [0.29, 0.717) is 29.2 Å².